The molecule has 86 valence electrons. The molecule has 16 heavy (non-hydrogen) atoms. The Morgan fingerprint density at radius 2 is 1.88 bits per heavy atom. The number of nitrogens with zero attached hydrogens (tertiary/aromatic N) is 2. The van der Waals surface area contributed by atoms with Crippen molar-refractivity contribution in [2.45, 2.75) is 26.4 Å². The van der Waals surface area contributed by atoms with Gasteiger partial charge in [-0.05, 0) is 32.5 Å². The monoisotopic (exact) mass is 218 g/mol. The highest BCUT2D eigenvalue weighted by molar-refractivity contribution is 5.96. The molecule has 0 bridgehead atoms. The predicted octanol–water partition coefficient (Wildman–Crippen LogP) is 1.87. The van der Waals surface area contributed by atoms with E-state index in [1.165, 1.54) is 5.56 Å². The van der Waals surface area contributed by atoms with E-state index >= 15 is 0 Å². The van der Waals surface area contributed by atoms with Gasteiger partial charge in [-0.25, -0.2) is 0 Å². The van der Waals surface area contributed by atoms with Crippen LogP contribution in [0.5, 0.6) is 0 Å². The molecule has 3 nitrogen and oxygen atoms in total. The maximum absolute atomic E-state index is 12.1. The summed E-state index contributed by atoms with van der Waals surface area (Å²) in [6.07, 6.45) is 0. The van der Waals surface area contributed by atoms with Crippen LogP contribution in [0.1, 0.15) is 19.4 Å². The third-order valence-electron chi connectivity index (χ3n) is 2.88. The highest BCUT2D eigenvalue weighted by Crippen LogP contribution is 2.26. The van der Waals surface area contributed by atoms with Gasteiger partial charge in [-0.2, -0.15) is 0 Å². The first-order valence-electron chi connectivity index (χ1n) is 5.68. The predicted molar refractivity (Wildman–Crippen MR) is 65.4 cm³/mol. The van der Waals surface area contributed by atoms with E-state index in [9.17, 15) is 4.79 Å². The number of amides is 1. The van der Waals surface area contributed by atoms with Crippen molar-refractivity contribution in [1.29, 1.82) is 0 Å². The first-order valence-corrected chi connectivity index (χ1v) is 5.68. The van der Waals surface area contributed by atoms with Gasteiger partial charge in [0.2, 0.25) is 5.91 Å². The van der Waals surface area contributed by atoms with E-state index < -0.39 is 0 Å². The first kappa shape index (κ1) is 11.1. The Kier molecular flexibility index (Phi) is 2.97. The van der Waals surface area contributed by atoms with E-state index in [2.05, 4.69) is 24.8 Å². The van der Waals surface area contributed by atoms with Crippen LogP contribution in [0, 0.1) is 0 Å². The SMILES string of the molecule is CC(C)N1C(=O)CN(C)Cc2ccccc21. The fourth-order valence-electron chi connectivity index (χ4n) is 2.23. The summed E-state index contributed by atoms with van der Waals surface area (Å²) >= 11 is 0. The lowest BCUT2D eigenvalue weighted by Gasteiger charge is -2.26. The summed E-state index contributed by atoms with van der Waals surface area (Å²) in [5.74, 6) is 0.183. The molecule has 2 rings (SSSR count). The van der Waals surface area contributed by atoms with Gasteiger partial charge in [0.05, 0.1) is 6.54 Å². The number of para-hydroxylation sites is 1. The molecule has 1 amide bonds. The van der Waals surface area contributed by atoms with Crippen LogP contribution in [0.25, 0.3) is 0 Å². The number of carbonyl (C=O) groups is 1. The van der Waals surface area contributed by atoms with E-state index in [1.54, 1.807) is 0 Å². The van der Waals surface area contributed by atoms with Gasteiger partial charge in [0.25, 0.3) is 0 Å². The van der Waals surface area contributed by atoms with E-state index in [4.69, 9.17) is 0 Å². The standard InChI is InChI=1S/C13H18N2O/c1-10(2)15-12-7-5-4-6-11(12)8-14(3)9-13(15)16/h4-7,10H,8-9H2,1-3H3. The number of fused-ring (bicyclic) bond motifs is 1. The van der Waals surface area contributed by atoms with Crippen LogP contribution in [-0.4, -0.2) is 30.4 Å². The number of likely N-dealkylation sites (N-methyl/N-ethyl adjacent to an activating group) is 1. The van der Waals surface area contributed by atoms with Crippen molar-refractivity contribution in [2.75, 3.05) is 18.5 Å². The van der Waals surface area contributed by atoms with Crippen LogP contribution in [0.4, 0.5) is 5.69 Å². The summed E-state index contributed by atoms with van der Waals surface area (Å²) in [6, 6.07) is 8.36. The smallest absolute Gasteiger partial charge is 0.241 e. The Hall–Kier alpha value is -1.35. The van der Waals surface area contributed by atoms with Gasteiger partial charge in [-0.15, -0.1) is 0 Å². The first-order chi connectivity index (χ1) is 7.59. The quantitative estimate of drug-likeness (QED) is 0.718. The summed E-state index contributed by atoms with van der Waals surface area (Å²) in [4.78, 5) is 16.1. The van der Waals surface area contributed by atoms with Crippen molar-refractivity contribution in [3.05, 3.63) is 29.8 Å². The Balaban J connectivity index is 2.49. The molecular formula is C13H18N2O. The van der Waals surface area contributed by atoms with Crippen LogP contribution in [-0.2, 0) is 11.3 Å². The zero-order valence-corrected chi connectivity index (χ0v) is 10.1. The summed E-state index contributed by atoms with van der Waals surface area (Å²) < 4.78 is 0. The molecule has 0 saturated heterocycles. The highest BCUT2D eigenvalue weighted by atomic mass is 16.2. The second-order valence-corrected chi connectivity index (χ2v) is 4.66. The van der Waals surface area contributed by atoms with Crippen LogP contribution in [0.3, 0.4) is 0 Å². The average Bonchev–Trinajstić information content (AvgIpc) is 2.31. The molecule has 0 spiro atoms. The molecule has 1 aliphatic heterocycles. The fourth-order valence-corrected chi connectivity index (χ4v) is 2.23. The van der Waals surface area contributed by atoms with Gasteiger partial charge in [-0.3, -0.25) is 9.69 Å². The van der Waals surface area contributed by atoms with E-state index in [0.29, 0.717) is 6.54 Å². The van der Waals surface area contributed by atoms with Crippen molar-refractivity contribution in [3.8, 4) is 0 Å². The van der Waals surface area contributed by atoms with Crippen LogP contribution >= 0.6 is 0 Å². The lowest BCUT2D eigenvalue weighted by atomic mass is 10.1. The maximum atomic E-state index is 12.1. The van der Waals surface area contributed by atoms with Gasteiger partial charge in [0.1, 0.15) is 0 Å². The topological polar surface area (TPSA) is 23.6 Å². The zero-order chi connectivity index (χ0) is 11.7. The largest absolute Gasteiger partial charge is 0.308 e. The fraction of sp³-hybridized carbons (Fsp3) is 0.462. The summed E-state index contributed by atoms with van der Waals surface area (Å²) in [5.41, 5.74) is 2.29. The normalized spacial score (nSPS) is 17.5. The Morgan fingerprint density at radius 1 is 1.19 bits per heavy atom. The van der Waals surface area contributed by atoms with Gasteiger partial charge in [0, 0.05) is 18.3 Å². The van der Waals surface area contributed by atoms with Gasteiger partial charge >= 0.3 is 0 Å². The Bertz CT molecular complexity index is 401. The third-order valence-corrected chi connectivity index (χ3v) is 2.88. The summed E-state index contributed by atoms with van der Waals surface area (Å²) in [6.45, 7) is 5.44. The number of carbonyl (C=O) groups excluding carboxylic acids is 1. The molecule has 0 radical (unpaired) electrons. The molecule has 3 heteroatoms. The van der Waals surface area contributed by atoms with E-state index in [0.717, 1.165) is 12.2 Å². The Morgan fingerprint density at radius 3 is 2.56 bits per heavy atom. The molecule has 0 aliphatic carbocycles. The molecule has 0 saturated carbocycles. The minimum Gasteiger partial charge on any atom is -0.308 e. The van der Waals surface area contributed by atoms with Crippen molar-refractivity contribution >= 4 is 11.6 Å². The molecule has 0 unspecified atom stereocenters. The minimum absolute atomic E-state index is 0.183. The molecule has 1 aromatic carbocycles. The third kappa shape index (κ3) is 1.95. The lowest BCUT2D eigenvalue weighted by Crippen LogP contribution is -2.40. The zero-order valence-electron chi connectivity index (χ0n) is 10.1. The lowest BCUT2D eigenvalue weighted by molar-refractivity contribution is -0.119. The van der Waals surface area contributed by atoms with Crippen LogP contribution in [0.15, 0.2) is 24.3 Å². The number of anilines is 1. The number of benzene rings is 1. The van der Waals surface area contributed by atoms with Crippen LogP contribution in [0.2, 0.25) is 0 Å². The molecule has 1 heterocycles. The van der Waals surface area contributed by atoms with E-state index in [-0.39, 0.29) is 11.9 Å². The van der Waals surface area contributed by atoms with Crippen molar-refractivity contribution in [2.24, 2.45) is 0 Å². The van der Waals surface area contributed by atoms with Gasteiger partial charge in [0.15, 0.2) is 0 Å². The molecular weight excluding hydrogens is 200 g/mol. The molecule has 0 fully saturated rings. The van der Waals surface area contributed by atoms with Crippen LogP contribution < -0.4 is 4.90 Å². The van der Waals surface area contributed by atoms with Gasteiger partial charge in [-0.1, -0.05) is 18.2 Å². The second-order valence-electron chi connectivity index (χ2n) is 4.66. The molecule has 0 aromatic heterocycles. The molecule has 0 N–H and O–H groups in total. The number of rotatable bonds is 1. The van der Waals surface area contributed by atoms with Crippen molar-refractivity contribution in [1.82, 2.24) is 4.90 Å². The summed E-state index contributed by atoms with van der Waals surface area (Å²) in [5, 5.41) is 0. The summed E-state index contributed by atoms with van der Waals surface area (Å²) in [7, 11) is 1.98. The number of hydrogen-bond donors (Lipinski definition) is 0. The molecule has 1 aliphatic rings. The number of hydrogen-bond acceptors (Lipinski definition) is 2. The van der Waals surface area contributed by atoms with Gasteiger partial charge < -0.3 is 4.90 Å². The average molecular weight is 218 g/mol. The minimum atomic E-state index is 0.183. The molecule has 0 atom stereocenters. The Labute approximate surface area is 96.7 Å². The van der Waals surface area contributed by atoms with E-state index in [1.807, 2.05) is 30.1 Å². The second kappa shape index (κ2) is 4.26. The van der Waals surface area contributed by atoms with Crippen molar-refractivity contribution in [3.63, 3.8) is 0 Å². The highest BCUT2D eigenvalue weighted by Gasteiger charge is 2.25. The maximum Gasteiger partial charge on any atom is 0.241 e. The van der Waals surface area contributed by atoms with Crippen molar-refractivity contribution < 1.29 is 4.79 Å². The molecule has 1 aromatic rings.